The number of hydrogen-bond acceptors (Lipinski definition) is 8. The van der Waals surface area contributed by atoms with Gasteiger partial charge in [0.25, 0.3) is 0 Å². The lowest BCUT2D eigenvalue weighted by molar-refractivity contribution is -0.142. The minimum atomic E-state index is -1.36. The molecule has 0 aliphatic carbocycles. The molecule has 1 aliphatic rings. The Bertz CT molecular complexity index is 1210. The molecule has 4 atom stereocenters. The van der Waals surface area contributed by atoms with Crippen molar-refractivity contribution in [2.24, 2.45) is 28.1 Å². The smallest absolute Gasteiger partial charge is 0.304 e. The Balaban J connectivity index is 2.45. The summed E-state index contributed by atoms with van der Waals surface area (Å²) in [7, 11) is 0. The number of rotatable bonds is 12. The monoisotopic (exact) mass is 619 g/mol. The average Bonchev–Trinajstić information content (AvgIpc) is 2.96. The molecule has 1 fully saturated rings. The number of nitrogens with two attached hydrogens (primary N) is 3. The van der Waals surface area contributed by atoms with Crippen LogP contribution in [-0.4, -0.2) is 84.2 Å². The predicted octanol–water partition coefficient (Wildman–Crippen LogP) is -1.81. The van der Waals surface area contributed by atoms with Crippen LogP contribution in [0.2, 0.25) is 0 Å². The van der Waals surface area contributed by atoms with E-state index >= 15 is 0 Å². The molecular formula is C28H41FN8O7. The van der Waals surface area contributed by atoms with Crippen molar-refractivity contribution in [2.75, 3.05) is 19.6 Å². The van der Waals surface area contributed by atoms with Crippen molar-refractivity contribution in [2.45, 2.75) is 69.5 Å². The lowest BCUT2D eigenvalue weighted by atomic mass is 9.96. The van der Waals surface area contributed by atoms with Crippen LogP contribution in [0.1, 0.15) is 50.5 Å². The molecule has 44 heavy (non-hydrogen) atoms. The van der Waals surface area contributed by atoms with E-state index in [4.69, 9.17) is 17.2 Å². The molecule has 0 saturated carbocycles. The molecule has 0 bridgehead atoms. The summed E-state index contributed by atoms with van der Waals surface area (Å²) in [6.07, 6.45) is 0.119. The molecule has 1 heterocycles. The molecule has 15 nitrogen and oxygen atoms in total. The number of carbonyl (C=O) groups excluding carboxylic acids is 5. The number of Topliss-reactive ketones (excluding diaryl/α,β-unsaturated/α-hetero) is 1. The molecule has 4 unspecified atom stereocenters. The third kappa shape index (κ3) is 12.7. The summed E-state index contributed by atoms with van der Waals surface area (Å²) in [5, 5.41) is 19.6. The number of nitrogens with zero attached hydrogens (tertiary/aromatic N) is 1. The van der Waals surface area contributed by atoms with Crippen molar-refractivity contribution in [1.82, 2.24) is 21.3 Å². The first-order valence-electron chi connectivity index (χ1n) is 14.3. The summed E-state index contributed by atoms with van der Waals surface area (Å²) in [5.74, 6) is -7.07. The van der Waals surface area contributed by atoms with Gasteiger partial charge in [-0.1, -0.05) is 12.1 Å². The Morgan fingerprint density at radius 1 is 0.864 bits per heavy atom. The number of carboxylic acid groups (broad SMARTS) is 1. The first-order chi connectivity index (χ1) is 20.9. The summed E-state index contributed by atoms with van der Waals surface area (Å²) in [4.78, 5) is 81.4. The van der Waals surface area contributed by atoms with Crippen LogP contribution >= 0.6 is 0 Å². The highest BCUT2D eigenvalue weighted by Gasteiger charge is 2.33. The highest BCUT2D eigenvalue weighted by molar-refractivity contribution is 5.97. The number of unbranched alkanes of at least 4 members (excludes halogenated alkanes) is 1. The molecule has 4 amide bonds. The van der Waals surface area contributed by atoms with Gasteiger partial charge in [-0.2, -0.15) is 0 Å². The maximum atomic E-state index is 13.6. The number of benzene rings is 1. The zero-order valence-corrected chi connectivity index (χ0v) is 24.4. The molecule has 11 N–H and O–H groups in total. The second kappa shape index (κ2) is 18.1. The zero-order chi connectivity index (χ0) is 32.6. The fourth-order valence-corrected chi connectivity index (χ4v) is 4.56. The summed E-state index contributed by atoms with van der Waals surface area (Å²) in [5.41, 5.74) is 16.8. The minimum Gasteiger partial charge on any atom is -0.481 e. The molecule has 0 aromatic heterocycles. The third-order valence-corrected chi connectivity index (χ3v) is 6.87. The predicted molar refractivity (Wildman–Crippen MR) is 157 cm³/mol. The number of ketones is 1. The van der Waals surface area contributed by atoms with E-state index in [2.05, 4.69) is 26.3 Å². The number of amides is 4. The molecule has 16 heteroatoms. The van der Waals surface area contributed by atoms with Gasteiger partial charge < -0.3 is 43.6 Å². The standard InChI is InChI=1S/C28H41FN8O7/c29-18-8-6-16(7-9-18)12-22-27(44)36-21(4-1-2-10-30)26(43)35-20(5-3-11-33-28(31)32)25(42)34-15-19(38)13-17(14-23(39)40)24(41)37-22/h6-9,17,20-22H,1-5,10-15,30H2,(H,34,42)(H,35,43)(H,36,44)(H,37,41)(H,39,40)(H4,31,32,33)/i29-1. The van der Waals surface area contributed by atoms with E-state index < -0.39 is 84.6 Å². The van der Waals surface area contributed by atoms with Crippen LogP contribution in [0.5, 0.6) is 0 Å². The molecule has 242 valence electrons. The van der Waals surface area contributed by atoms with E-state index in [1.165, 1.54) is 24.3 Å². The number of carboxylic acids is 1. The molecule has 1 aromatic rings. The van der Waals surface area contributed by atoms with Gasteiger partial charge in [-0.05, 0) is 56.3 Å². The topological polar surface area (TPSA) is 261 Å². The van der Waals surface area contributed by atoms with E-state index in [-0.39, 0.29) is 38.2 Å². The fraction of sp³-hybridized carbons (Fsp3) is 0.536. The number of guanidine groups is 1. The van der Waals surface area contributed by atoms with Crippen LogP contribution in [0, 0.1) is 11.7 Å². The van der Waals surface area contributed by atoms with E-state index in [0.29, 0.717) is 24.9 Å². The first-order valence-corrected chi connectivity index (χ1v) is 14.3. The van der Waals surface area contributed by atoms with E-state index in [1.54, 1.807) is 0 Å². The highest BCUT2D eigenvalue weighted by atomic mass is 18.2. The van der Waals surface area contributed by atoms with Crippen molar-refractivity contribution < 1.29 is 38.3 Å². The molecule has 1 saturated heterocycles. The fourth-order valence-electron chi connectivity index (χ4n) is 4.56. The van der Waals surface area contributed by atoms with Gasteiger partial charge in [0.2, 0.25) is 23.6 Å². The highest BCUT2D eigenvalue weighted by Crippen LogP contribution is 2.14. The number of hydrogen-bond donors (Lipinski definition) is 8. The molecule has 2 rings (SSSR count). The van der Waals surface area contributed by atoms with Crippen molar-refractivity contribution in [1.29, 1.82) is 0 Å². The van der Waals surface area contributed by atoms with Gasteiger partial charge in [0.15, 0.2) is 11.7 Å². The summed E-state index contributed by atoms with van der Waals surface area (Å²) in [6.45, 7) is -0.0355. The molecule has 0 spiro atoms. The number of aliphatic imine (C=N–C) groups is 1. The van der Waals surface area contributed by atoms with Crippen LogP contribution in [0.3, 0.4) is 0 Å². The van der Waals surface area contributed by atoms with Gasteiger partial charge in [-0.25, -0.2) is 4.39 Å². The quantitative estimate of drug-likeness (QED) is 0.0738. The molecule has 1 aliphatic heterocycles. The number of nitrogens with one attached hydrogen (secondary N) is 4. The Morgan fingerprint density at radius 3 is 2.07 bits per heavy atom. The Hall–Kier alpha value is -4.60. The molecule has 1 aromatic carbocycles. The van der Waals surface area contributed by atoms with E-state index in [0.717, 1.165) is 0 Å². The summed E-state index contributed by atoms with van der Waals surface area (Å²) in [6, 6.07) is 1.59. The second-order valence-electron chi connectivity index (χ2n) is 10.5. The molecular weight excluding hydrogens is 578 g/mol. The van der Waals surface area contributed by atoms with Gasteiger partial charge in [0.05, 0.1) is 18.9 Å². The Kier molecular flexibility index (Phi) is 14.7. The Morgan fingerprint density at radius 2 is 1.45 bits per heavy atom. The van der Waals surface area contributed by atoms with Crippen molar-refractivity contribution in [3.8, 4) is 0 Å². The van der Waals surface area contributed by atoms with Gasteiger partial charge >= 0.3 is 5.97 Å². The number of carbonyl (C=O) groups is 6. The normalized spacial score (nSPS) is 22.0. The van der Waals surface area contributed by atoms with Gasteiger partial charge in [0, 0.05) is 19.4 Å². The Labute approximate surface area is 253 Å². The maximum Gasteiger partial charge on any atom is 0.304 e. The largest absolute Gasteiger partial charge is 0.481 e. The SMILES string of the molecule is NCCCCC1NC(=O)C(Cc2ccc([18F])cc2)NC(=O)C(CC(=O)O)CC(=O)CNC(=O)C(CCCN=C(N)N)NC1=O. The first kappa shape index (κ1) is 35.6. The third-order valence-electron chi connectivity index (χ3n) is 6.87. The number of halogens is 1. The average molecular weight is 620 g/mol. The lowest BCUT2D eigenvalue weighted by Gasteiger charge is -2.26. The minimum absolute atomic E-state index is 0.0842. The second-order valence-corrected chi connectivity index (χ2v) is 10.5. The van der Waals surface area contributed by atoms with Crippen molar-refractivity contribution in [3.05, 3.63) is 35.6 Å². The van der Waals surface area contributed by atoms with E-state index in [1.807, 2.05) is 0 Å². The van der Waals surface area contributed by atoms with Crippen LogP contribution < -0.4 is 38.5 Å². The van der Waals surface area contributed by atoms with Crippen LogP contribution in [0.15, 0.2) is 29.3 Å². The van der Waals surface area contributed by atoms with Crippen molar-refractivity contribution in [3.63, 3.8) is 0 Å². The van der Waals surface area contributed by atoms with Crippen LogP contribution in [0.25, 0.3) is 0 Å². The van der Waals surface area contributed by atoms with Gasteiger partial charge in [-0.15, -0.1) is 0 Å². The molecule has 0 radical (unpaired) electrons. The van der Waals surface area contributed by atoms with Crippen LogP contribution in [-0.2, 0) is 35.2 Å². The van der Waals surface area contributed by atoms with Crippen LogP contribution in [0.4, 0.5) is 4.39 Å². The maximum absolute atomic E-state index is 13.6. The van der Waals surface area contributed by atoms with Gasteiger partial charge in [0.1, 0.15) is 23.9 Å². The van der Waals surface area contributed by atoms with Gasteiger partial charge in [-0.3, -0.25) is 33.8 Å². The lowest BCUT2D eigenvalue weighted by Crippen LogP contribution is -2.57. The zero-order valence-electron chi connectivity index (χ0n) is 24.4. The van der Waals surface area contributed by atoms with E-state index in [9.17, 15) is 38.3 Å². The van der Waals surface area contributed by atoms with Crippen molar-refractivity contribution >= 4 is 41.3 Å². The summed E-state index contributed by atoms with van der Waals surface area (Å²) >= 11 is 0. The number of aliphatic carboxylic acids is 1. The summed E-state index contributed by atoms with van der Waals surface area (Å²) < 4.78 is 13.5.